The Morgan fingerprint density at radius 1 is 0.972 bits per heavy atom. The van der Waals surface area contributed by atoms with Crippen LogP contribution in [0.15, 0.2) is 4.99 Å². The molecule has 15 heteroatoms. The second-order valence-corrected chi connectivity index (χ2v) is 8.59. The number of carbonyl (C=O) groups is 5. The van der Waals surface area contributed by atoms with Crippen LogP contribution in [0.3, 0.4) is 0 Å². The second kappa shape index (κ2) is 15.5. The number of carboxylic acid groups (broad SMARTS) is 2. The molecule has 15 nitrogen and oxygen atoms in total. The first kappa shape index (κ1) is 30.6. The number of unbranched alkanes of at least 4 members (excludes halogenated alkanes) is 1. The van der Waals surface area contributed by atoms with Crippen molar-refractivity contribution in [3.63, 3.8) is 0 Å². The average Bonchev–Trinajstić information content (AvgIpc) is 3.30. The van der Waals surface area contributed by atoms with Crippen LogP contribution >= 0.6 is 0 Å². The molecule has 1 heterocycles. The maximum atomic E-state index is 13.1. The van der Waals surface area contributed by atoms with E-state index in [9.17, 15) is 34.2 Å². The van der Waals surface area contributed by atoms with Crippen LogP contribution in [-0.4, -0.2) is 94.5 Å². The van der Waals surface area contributed by atoms with E-state index in [0.29, 0.717) is 38.6 Å². The van der Waals surface area contributed by atoms with Crippen LogP contribution in [0, 0.1) is 0 Å². The molecule has 0 spiro atoms. The first-order valence-corrected chi connectivity index (χ1v) is 11.8. The lowest BCUT2D eigenvalue weighted by Gasteiger charge is -2.28. The van der Waals surface area contributed by atoms with Gasteiger partial charge < -0.3 is 48.7 Å². The topological polar surface area (TPSA) is 270 Å². The number of carbonyl (C=O) groups excluding carboxylic acids is 3. The van der Waals surface area contributed by atoms with Crippen LogP contribution in [-0.2, 0) is 24.0 Å². The molecule has 1 aliphatic heterocycles. The summed E-state index contributed by atoms with van der Waals surface area (Å²) in [6.45, 7) is 0.820. The normalized spacial score (nSPS) is 17.5. The van der Waals surface area contributed by atoms with Gasteiger partial charge in [-0.05, 0) is 51.5 Å². The summed E-state index contributed by atoms with van der Waals surface area (Å²) < 4.78 is 0. The summed E-state index contributed by atoms with van der Waals surface area (Å²) in [6, 6.07) is -4.66. The van der Waals surface area contributed by atoms with Gasteiger partial charge in [-0.15, -0.1) is 0 Å². The van der Waals surface area contributed by atoms with E-state index in [1.54, 1.807) is 0 Å². The standard InChI is InChI=1S/C21H38N8O7/c22-8-2-1-6-13(19(34)29-10-4-7-15(29)20(35)36)27-18(33)14(11-16(30)31)28-17(32)12(23)5-3-9-26-21(24)25/h12-15H,1-11,22-23H2,(H,27,33)(H,28,32)(H,30,31)(H,35,36)(H4,24,25,26). The van der Waals surface area contributed by atoms with Crippen molar-refractivity contribution in [3.05, 3.63) is 0 Å². The number of nitrogens with two attached hydrogens (primary N) is 4. The molecular weight excluding hydrogens is 476 g/mol. The molecule has 0 aromatic carbocycles. The summed E-state index contributed by atoms with van der Waals surface area (Å²) in [5.41, 5.74) is 21.8. The van der Waals surface area contributed by atoms with Gasteiger partial charge in [0.05, 0.1) is 12.5 Å². The SMILES string of the molecule is NCCCCC(NC(=O)C(CC(=O)O)NC(=O)C(N)CCCN=C(N)N)C(=O)N1CCCC1C(=O)O. The summed E-state index contributed by atoms with van der Waals surface area (Å²) in [5, 5.41) is 23.5. The first-order valence-electron chi connectivity index (χ1n) is 11.8. The van der Waals surface area contributed by atoms with Gasteiger partial charge in [0.25, 0.3) is 0 Å². The summed E-state index contributed by atoms with van der Waals surface area (Å²) in [4.78, 5) is 66.4. The highest BCUT2D eigenvalue weighted by Gasteiger charge is 2.38. The van der Waals surface area contributed by atoms with Crippen molar-refractivity contribution in [1.29, 1.82) is 0 Å². The summed E-state index contributed by atoms with van der Waals surface area (Å²) in [7, 11) is 0. The van der Waals surface area contributed by atoms with Crippen LogP contribution < -0.4 is 33.6 Å². The van der Waals surface area contributed by atoms with Crippen molar-refractivity contribution < 1.29 is 34.2 Å². The molecule has 1 aliphatic rings. The van der Waals surface area contributed by atoms with Crippen LogP contribution in [0.1, 0.15) is 51.4 Å². The Morgan fingerprint density at radius 3 is 2.22 bits per heavy atom. The van der Waals surface area contributed by atoms with Gasteiger partial charge in [0.15, 0.2) is 5.96 Å². The molecule has 0 aromatic rings. The number of nitrogens with zero attached hydrogens (tertiary/aromatic N) is 2. The minimum atomic E-state index is -1.50. The summed E-state index contributed by atoms with van der Waals surface area (Å²) in [6.07, 6.45) is 1.80. The number of hydrogen-bond donors (Lipinski definition) is 8. The van der Waals surface area contributed by atoms with E-state index in [-0.39, 0.29) is 31.9 Å². The number of aliphatic carboxylic acids is 2. The average molecular weight is 515 g/mol. The molecule has 0 aliphatic carbocycles. The number of guanidine groups is 1. The number of amides is 3. The molecular formula is C21H38N8O7. The molecule has 12 N–H and O–H groups in total. The lowest BCUT2D eigenvalue weighted by atomic mass is 10.1. The highest BCUT2D eigenvalue weighted by Crippen LogP contribution is 2.20. The summed E-state index contributed by atoms with van der Waals surface area (Å²) in [5.74, 6) is -4.83. The van der Waals surface area contributed by atoms with Gasteiger partial charge in [-0.3, -0.25) is 24.2 Å². The van der Waals surface area contributed by atoms with Crippen LogP contribution in [0.5, 0.6) is 0 Å². The van der Waals surface area contributed by atoms with Crippen molar-refractivity contribution >= 4 is 35.6 Å². The number of likely N-dealkylation sites (tertiary alicyclic amines) is 1. The number of nitrogens with one attached hydrogen (secondary N) is 2. The van der Waals surface area contributed by atoms with Gasteiger partial charge in [-0.1, -0.05) is 0 Å². The number of hydrogen-bond acceptors (Lipinski definition) is 8. The Balaban J connectivity index is 2.92. The Kier molecular flexibility index (Phi) is 13.2. The summed E-state index contributed by atoms with van der Waals surface area (Å²) >= 11 is 0. The molecule has 0 saturated carbocycles. The highest BCUT2D eigenvalue weighted by atomic mass is 16.4. The molecule has 4 atom stereocenters. The van der Waals surface area contributed by atoms with E-state index in [2.05, 4.69) is 15.6 Å². The molecule has 204 valence electrons. The molecule has 1 fully saturated rings. The van der Waals surface area contributed by atoms with Gasteiger partial charge in [0, 0.05) is 13.1 Å². The van der Waals surface area contributed by atoms with Gasteiger partial charge in [-0.25, -0.2) is 4.79 Å². The van der Waals surface area contributed by atoms with Crippen LogP contribution in [0.25, 0.3) is 0 Å². The first-order chi connectivity index (χ1) is 17.0. The molecule has 3 amide bonds. The van der Waals surface area contributed by atoms with E-state index in [1.807, 2.05) is 0 Å². The van der Waals surface area contributed by atoms with Gasteiger partial charge in [-0.2, -0.15) is 0 Å². The lowest BCUT2D eigenvalue weighted by molar-refractivity contribution is -0.149. The second-order valence-electron chi connectivity index (χ2n) is 8.59. The van der Waals surface area contributed by atoms with E-state index in [0.717, 1.165) is 0 Å². The zero-order valence-electron chi connectivity index (χ0n) is 20.2. The van der Waals surface area contributed by atoms with Crippen molar-refractivity contribution in [2.75, 3.05) is 19.6 Å². The van der Waals surface area contributed by atoms with Crippen molar-refractivity contribution in [2.45, 2.75) is 75.5 Å². The minimum Gasteiger partial charge on any atom is -0.481 e. The Hall–Kier alpha value is -3.46. The van der Waals surface area contributed by atoms with Crippen molar-refractivity contribution in [2.24, 2.45) is 27.9 Å². The Bertz CT molecular complexity index is 818. The van der Waals surface area contributed by atoms with Gasteiger partial charge in [0.1, 0.15) is 18.1 Å². The predicted molar refractivity (Wildman–Crippen MR) is 129 cm³/mol. The smallest absolute Gasteiger partial charge is 0.326 e. The third kappa shape index (κ3) is 10.4. The molecule has 1 rings (SSSR count). The van der Waals surface area contributed by atoms with Crippen molar-refractivity contribution in [1.82, 2.24) is 15.5 Å². The number of aliphatic imine (C=N–C) groups is 1. The van der Waals surface area contributed by atoms with Gasteiger partial charge >= 0.3 is 11.9 Å². The quantitative estimate of drug-likeness (QED) is 0.0584. The zero-order chi connectivity index (χ0) is 27.3. The molecule has 4 unspecified atom stereocenters. The van der Waals surface area contributed by atoms with Crippen LogP contribution in [0.2, 0.25) is 0 Å². The minimum absolute atomic E-state index is 0.106. The fourth-order valence-electron chi connectivity index (χ4n) is 3.82. The fraction of sp³-hybridized carbons (Fsp3) is 0.714. The third-order valence-electron chi connectivity index (χ3n) is 5.70. The van der Waals surface area contributed by atoms with E-state index >= 15 is 0 Å². The monoisotopic (exact) mass is 514 g/mol. The van der Waals surface area contributed by atoms with E-state index < -0.39 is 60.2 Å². The maximum absolute atomic E-state index is 13.1. The third-order valence-corrected chi connectivity index (χ3v) is 5.70. The Morgan fingerprint density at radius 2 is 1.64 bits per heavy atom. The van der Waals surface area contributed by atoms with Crippen LogP contribution in [0.4, 0.5) is 0 Å². The largest absolute Gasteiger partial charge is 0.481 e. The molecule has 1 saturated heterocycles. The molecule has 36 heavy (non-hydrogen) atoms. The highest BCUT2D eigenvalue weighted by molar-refractivity contribution is 5.95. The Labute approximate surface area is 209 Å². The van der Waals surface area contributed by atoms with Crippen molar-refractivity contribution in [3.8, 4) is 0 Å². The fourth-order valence-corrected chi connectivity index (χ4v) is 3.82. The molecule has 0 aromatic heterocycles. The van der Waals surface area contributed by atoms with Gasteiger partial charge in [0.2, 0.25) is 17.7 Å². The zero-order valence-corrected chi connectivity index (χ0v) is 20.2. The molecule has 0 bridgehead atoms. The lowest BCUT2D eigenvalue weighted by Crippen LogP contribution is -2.57. The van der Waals surface area contributed by atoms with E-state index in [4.69, 9.17) is 22.9 Å². The van der Waals surface area contributed by atoms with E-state index in [1.165, 1.54) is 4.90 Å². The molecule has 0 radical (unpaired) electrons. The number of carboxylic acids is 2. The predicted octanol–water partition coefficient (Wildman–Crippen LogP) is -2.98. The maximum Gasteiger partial charge on any atom is 0.326 e. The number of rotatable bonds is 16.